The number of rotatable bonds is 7. The van der Waals surface area contributed by atoms with Crippen LogP contribution in [0, 0.1) is 0 Å². The summed E-state index contributed by atoms with van der Waals surface area (Å²) in [4.78, 5) is 26.2. The van der Waals surface area contributed by atoms with Crippen LogP contribution in [-0.2, 0) is 4.79 Å². The van der Waals surface area contributed by atoms with Crippen molar-refractivity contribution in [3.8, 4) is 5.75 Å². The third-order valence-corrected chi connectivity index (χ3v) is 3.89. The van der Waals surface area contributed by atoms with Gasteiger partial charge in [0.05, 0.1) is 13.3 Å². The number of carbonyl (C=O) groups excluding carboxylic acids is 2. The molecule has 0 aliphatic carbocycles. The number of nitrogens with zero attached hydrogens (tertiary/aromatic N) is 2. The van der Waals surface area contributed by atoms with Gasteiger partial charge in [0.2, 0.25) is 0 Å². The van der Waals surface area contributed by atoms with Crippen molar-refractivity contribution < 1.29 is 14.3 Å². The van der Waals surface area contributed by atoms with Crippen molar-refractivity contribution in [2.75, 3.05) is 26.1 Å². The summed E-state index contributed by atoms with van der Waals surface area (Å²) in [7, 11) is 5.48. The van der Waals surface area contributed by atoms with Gasteiger partial charge in [-0.15, -0.1) is 0 Å². The normalized spacial score (nSPS) is 11.7. The van der Waals surface area contributed by atoms with E-state index in [2.05, 4.69) is 15.8 Å². The van der Waals surface area contributed by atoms with E-state index in [-0.39, 0.29) is 5.91 Å². The molecule has 2 N–H and O–H groups in total. The Hall–Kier alpha value is -3.35. The zero-order valence-corrected chi connectivity index (χ0v) is 15.9. The van der Waals surface area contributed by atoms with E-state index in [1.54, 1.807) is 44.5 Å². The lowest BCUT2D eigenvalue weighted by molar-refractivity contribution is -0.122. The summed E-state index contributed by atoms with van der Waals surface area (Å²) in [6.45, 7) is 1.60. The highest BCUT2D eigenvalue weighted by Crippen LogP contribution is 2.12. The van der Waals surface area contributed by atoms with Gasteiger partial charge in [-0.2, -0.15) is 5.10 Å². The molecule has 142 valence electrons. The first-order valence-corrected chi connectivity index (χ1v) is 8.46. The molecule has 0 saturated carbocycles. The third-order valence-electron chi connectivity index (χ3n) is 3.89. The van der Waals surface area contributed by atoms with E-state index in [9.17, 15) is 9.59 Å². The van der Waals surface area contributed by atoms with Gasteiger partial charge in [-0.25, -0.2) is 5.43 Å². The molecule has 1 atom stereocenters. The summed E-state index contributed by atoms with van der Waals surface area (Å²) in [6.07, 6.45) is 1.55. The van der Waals surface area contributed by atoms with Crippen molar-refractivity contribution >= 4 is 23.7 Å². The monoisotopic (exact) mass is 368 g/mol. The van der Waals surface area contributed by atoms with Crippen molar-refractivity contribution in [3.05, 3.63) is 59.7 Å². The minimum Gasteiger partial charge on any atom is -0.497 e. The van der Waals surface area contributed by atoms with Crippen LogP contribution >= 0.6 is 0 Å². The molecule has 0 spiro atoms. The minimum atomic E-state index is -0.729. The molecule has 0 aromatic heterocycles. The number of carbonyl (C=O) groups is 2. The Balaban J connectivity index is 1.86. The zero-order valence-electron chi connectivity index (χ0n) is 15.9. The molecule has 0 bridgehead atoms. The number of hydrogen-bond donors (Lipinski definition) is 2. The second kappa shape index (κ2) is 9.38. The summed E-state index contributed by atoms with van der Waals surface area (Å²) in [5.41, 5.74) is 4.81. The second-order valence-electron chi connectivity index (χ2n) is 6.14. The average Bonchev–Trinajstić information content (AvgIpc) is 2.68. The van der Waals surface area contributed by atoms with Crippen molar-refractivity contribution in [3.63, 3.8) is 0 Å². The van der Waals surface area contributed by atoms with Crippen LogP contribution in [0.25, 0.3) is 0 Å². The van der Waals surface area contributed by atoms with Crippen LogP contribution in [0.2, 0.25) is 0 Å². The third kappa shape index (κ3) is 5.85. The maximum atomic E-state index is 12.2. The van der Waals surface area contributed by atoms with Gasteiger partial charge in [-0.1, -0.05) is 12.1 Å². The SMILES string of the molecule is COc1ccc(C(=O)NC(C)C(=O)NN=Cc2ccc(N(C)C)cc2)cc1. The van der Waals surface area contributed by atoms with Crippen LogP contribution in [-0.4, -0.2) is 45.3 Å². The zero-order chi connectivity index (χ0) is 19.8. The molecule has 0 radical (unpaired) electrons. The van der Waals surface area contributed by atoms with E-state index in [1.165, 1.54) is 0 Å². The molecule has 0 aliphatic rings. The quantitative estimate of drug-likeness (QED) is 0.579. The van der Waals surface area contributed by atoms with Gasteiger partial charge < -0.3 is 15.0 Å². The average molecular weight is 368 g/mol. The van der Waals surface area contributed by atoms with Crippen LogP contribution in [0.5, 0.6) is 5.75 Å². The molecule has 7 nitrogen and oxygen atoms in total. The maximum Gasteiger partial charge on any atom is 0.262 e. The van der Waals surface area contributed by atoms with E-state index < -0.39 is 11.9 Å². The molecule has 1 unspecified atom stereocenters. The molecule has 0 heterocycles. The molecular weight excluding hydrogens is 344 g/mol. The molecule has 2 amide bonds. The standard InChI is InChI=1S/C20H24N4O3/c1-14(22-20(26)16-7-11-18(27-4)12-8-16)19(25)23-21-13-15-5-9-17(10-6-15)24(2)3/h5-14H,1-4H3,(H,22,26)(H,23,25). The summed E-state index contributed by atoms with van der Waals surface area (Å²) >= 11 is 0. The van der Waals surface area contributed by atoms with E-state index in [1.807, 2.05) is 43.3 Å². The van der Waals surface area contributed by atoms with Gasteiger partial charge in [0.25, 0.3) is 11.8 Å². The van der Waals surface area contributed by atoms with Gasteiger partial charge in [-0.05, 0) is 48.9 Å². The number of methoxy groups -OCH3 is 1. The number of hydrogen-bond acceptors (Lipinski definition) is 5. The highest BCUT2D eigenvalue weighted by Gasteiger charge is 2.16. The number of ether oxygens (including phenoxy) is 1. The Bertz CT molecular complexity index is 799. The Kier molecular flexibility index (Phi) is 6.93. The van der Waals surface area contributed by atoms with Crippen LogP contribution in [0.1, 0.15) is 22.8 Å². The number of nitrogens with one attached hydrogen (secondary N) is 2. The smallest absolute Gasteiger partial charge is 0.262 e. The lowest BCUT2D eigenvalue weighted by Gasteiger charge is -2.12. The molecule has 0 fully saturated rings. The van der Waals surface area contributed by atoms with E-state index in [0.29, 0.717) is 11.3 Å². The maximum absolute atomic E-state index is 12.2. The highest BCUT2D eigenvalue weighted by molar-refractivity contribution is 5.97. The molecule has 7 heteroatoms. The van der Waals surface area contributed by atoms with Gasteiger partial charge in [0.1, 0.15) is 11.8 Å². The predicted molar refractivity (Wildman–Crippen MR) is 106 cm³/mol. The summed E-state index contributed by atoms with van der Waals surface area (Å²) in [5, 5.41) is 6.56. The van der Waals surface area contributed by atoms with Crippen molar-refractivity contribution in [1.82, 2.24) is 10.7 Å². The van der Waals surface area contributed by atoms with Crippen molar-refractivity contribution in [1.29, 1.82) is 0 Å². The van der Waals surface area contributed by atoms with Crippen molar-refractivity contribution in [2.24, 2.45) is 5.10 Å². The Labute approximate surface area is 159 Å². The summed E-state index contributed by atoms with van der Waals surface area (Å²) in [6, 6.07) is 13.6. The fourth-order valence-corrected chi connectivity index (χ4v) is 2.21. The number of benzene rings is 2. The van der Waals surface area contributed by atoms with Gasteiger partial charge in [-0.3, -0.25) is 9.59 Å². The molecule has 0 saturated heterocycles. The Morgan fingerprint density at radius 1 is 1.07 bits per heavy atom. The lowest BCUT2D eigenvalue weighted by atomic mass is 10.2. The molecule has 0 aliphatic heterocycles. The van der Waals surface area contributed by atoms with Crippen LogP contribution < -0.4 is 20.4 Å². The van der Waals surface area contributed by atoms with Gasteiger partial charge in [0, 0.05) is 25.3 Å². The number of amides is 2. The van der Waals surface area contributed by atoms with Gasteiger partial charge >= 0.3 is 0 Å². The molecular formula is C20H24N4O3. The highest BCUT2D eigenvalue weighted by atomic mass is 16.5. The first-order chi connectivity index (χ1) is 12.9. The predicted octanol–water partition coefficient (Wildman–Crippen LogP) is 2.03. The summed E-state index contributed by atoms with van der Waals surface area (Å²) in [5.74, 6) is -0.0909. The Morgan fingerprint density at radius 2 is 1.70 bits per heavy atom. The fraction of sp³-hybridized carbons (Fsp3) is 0.250. The second-order valence-corrected chi connectivity index (χ2v) is 6.14. The first-order valence-electron chi connectivity index (χ1n) is 8.46. The molecule has 2 aromatic rings. The van der Waals surface area contributed by atoms with E-state index in [4.69, 9.17) is 4.74 Å². The largest absolute Gasteiger partial charge is 0.497 e. The lowest BCUT2D eigenvalue weighted by Crippen LogP contribution is -2.43. The van der Waals surface area contributed by atoms with E-state index >= 15 is 0 Å². The van der Waals surface area contributed by atoms with E-state index in [0.717, 1.165) is 11.3 Å². The van der Waals surface area contributed by atoms with Crippen LogP contribution in [0.3, 0.4) is 0 Å². The number of hydrazone groups is 1. The minimum absolute atomic E-state index is 0.344. The molecule has 2 rings (SSSR count). The number of anilines is 1. The van der Waals surface area contributed by atoms with Gasteiger partial charge in [0.15, 0.2) is 0 Å². The van der Waals surface area contributed by atoms with Crippen LogP contribution in [0.4, 0.5) is 5.69 Å². The van der Waals surface area contributed by atoms with Crippen LogP contribution in [0.15, 0.2) is 53.6 Å². The van der Waals surface area contributed by atoms with Crippen molar-refractivity contribution in [2.45, 2.75) is 13.0 Å². The molecule has 27 heavy (non-hydrogen) atoms. The first kappa shape index (κ1) is 20.0. The summed E-state index contributed by atoms with van der Waals surface area (Å²) < 4.78 is 5.05. The fourth-order valence-electron chi connectivity index (χ4n) is 2.21. The Morgan fingerprint density at radius 3 is 2.26 bits per heavy atom. The topological polar surface area (TPSA) is 83.0 Å². The molecule has 2 aromatic carbocycles.